The second-order valence-corrected chi connectivity index (χ2v) is 6.05. The second-order valence-electron chi connectivity index (χ2n) is 4.67. The maximum Gasteiger partial charge on any atom is 0.245 e. The van der Waals surface area contributed by atoms with Gasteiger partial charge < -0.3 is 14.4 Å². The molecule has 0 saturated carbocycles. The highest BCUT2D eigenvalue weighted by molar-refractivity contribution is 9.10. The highest BCUT2D eigenvalue weighted by Crippen LogP contribution is 2.33. The minimum Gasteiger partial charge on any atom is -0.491 e. The van der Waals surface area contributed by atoms with Crippen molar-refractivity contribution < 1.29 is 14.3 Å². The zero-order valence-corrected chi connectivity index (χ0v) is 14.3. The normalized spacial score (nSPS) is 18.7. The van der Waals surface area contributed by atoms with E-state index in [0.717, 1.165) is 21.5 Å². The van der Waals surface area contributed by atoms with Crippen LogP contribution in [0.2, 0.25) is 0 Å². The van der Waals surface area contributed by atoms with Crippen LogP contribution in [0.3, 0.4) is 0 Å². The smallest absolute Gasteiger partial charge is 0.245 e. The van der Waals surface area contributed by atoms with Crippen LogP contribution >= 0.6 is 27.5 Å². The van der Waals surface area contributed by atoms with Gasteiger partial charge in [0.25, 0.3) is 0 Å². The number of nitrogens with zero attached hydrogens (tertiary/aromatic N) is 1. The zero-order chi connectivity index (χ0) is 15.4. The molecular formula is C15H17BrClNO3. The molecule has 0 bridgehead atoms. The van der Waals surface area contributed by atoms with Crippen LogP contribution in [0, 0.1) is 0 Å². The Morgan fingerprint density at radius 2 is 2.19 bits per heavy atom. The van der Waals surface area contributed by atoms with Crippen molar-refractivity contribution in [3.8, 4) is 5.75 Å². The molecule has 0 saturated heterocycles. The molecule has 4 nitrogen and oxygen atoms in total. The van der Waals surface area contributed by atoms with Gasteiger partial charge in [0.15, 0.2) is 0 Å². The molecule has 114 valence electrons. The van der Waals surface area contributed by atoms with E-state index >= 15 is 0 Å². The molecule has 1 heterocycles. The highest BCUT2D eigenvalue weighted by atomic mass is 79.9. The van der Waals surface area contributed by atoms with Crippen LogP contribution in [0.25, 0.3) is 5.70 Å². The van der Waals surface area contributed by atoms with Crippen molar-refractivity contribution in [3.63, 3.8) is 0 Å². The van der Waals surface area contributed by atoms with Gasteiger partial charge in [0, 0.05) is 29.9 Å². The minimum atomic E-state index is -0.478. The summed E-state index contributed by atoms with van der Waals surface area (Å²) in [6, 6.07) is 5.69. The molecule has 1 aromatic carbocycles. The summed E-state index contributed by atoms with van der Waals surface area (Å²) >= 11 is 9.50. The summed E-state index contributed by atoms with van der Waals surface area (Å²) in [5.74, 6) is 0.671. The van der Waals surface area contributed by atoms with E-state index in [1.54, 1.807) is 19.1 Å². The number of hydrogen-bond donors (Lipinski definition) is 0. The monoisotopic (exact) mass is 373 g/mol. The molecule has 1 aromatic rings. The van der Waals surface area contributed by atoms with Crippen molar-refractivity contribution in [2.75, 3.05) is 27.4 Å². The third-order valence-corrected chi connectivity index (χ3v) is 4.27. The van der Waals surface area contributed by atoms with Crippen molar-refractivity contribution in [3.05, 3.63) is 34.3 Å². The van der Waals surface area contributed by atoms with Gasteiger partial charge in [0.1, 0.15) is 17.7 Å². The summed E-state index contributed by atoms with van der Waals surface area (Å²) in [4.78, 5) is 13.6. The Bertz CT molecular complexity index is 562. The number of rotatable bonds is 5. The zero-order valence-electron chi connectivity index (χ0n) is 11.9. The Morgan fingerprint density at radius 1 is 1.43 bits per heavy atom. The van der Waals surface area contributed by atoms with E-state index in [9.17, 15) is 4.79 Å². The number of carbonyl (C=O) groups is 1. The molecule has 21 heavy (non-hydrogen) atoms. The third kappa shape index (κ3) is 3.78. The van der Waals surface area contributed by atoms with Crippen molar-refractivity contribution in [1.82, 2.24) is 4.90 Å². The lowest BCUT2D eigenvalue weighted by molar-refractivity contribution is -0.126. The molecule has 6 heteroatoms. The number of ether oxygens (including phenoxy) is 2. The molecule has 1 atom stereocenters. The second kappa shape index (κ2) is 7.29. The molecule has 0 fully saturated rings. The maximum absolute atomic E-state index is 12.0. The third-order valence-electron chi connectivity index (χ3n) is 3.25. The van der Waals surface area contributed by atoms with Gasteiger partial charge >= 0.3 is 0 Å². The number of methoxy groups -OCH3 is 1. The van der Waals surface area contributed by atoms with Gasteiger partial charge in [-0.2, -0.15) is 0 Å². The van der Waals surface area contributed by atoms with E-state index in [1.165, 1.54) is 0 Å². The van der Waals surface area contributed by atoms with E-state index in [-0.39, 0.29) is 5.91 Å². The topological polar surface area (TPSA) is 38.8 Å². The summed E-state index contributed by atoms with van der Waals surface area (Å²) in [7, 11) is 3.37. The van der Waals surface area contributed by atoms with E-state index < -0.39 is 5.38 Å². The predicted molar refractivity (Wildman–Crippen MR) is 86.5 cm³/mol. The van der Waals surface area contributed by atoms with Crippen molar-refractivity contribution in [2.45, 2.75) is 11.8 Å². The number of allylic oxidation sites excluding steroid dienone is 1. The molecule has 1 aliphatic rings. The molecular weight excluding hydrogens is 358 g/mol. The fourth-order valence-electron chi connectivity index (χ4n) is 2.11. The van der Waals surface area contributed by atoms with Gasteiger partial charge in [0.2, 0.25) is 5.91 Å². The number of benzene rings is 1. The van der Waals surface area contributed by atoms with Crippen LogP contribution in [0.5, 0.6) is 5.75 Å². The molecule has 0 aliphatic carbocycles. The minimum absolute atomic E-state index is 0.0820. The van der Waals surface area contributed by atoms with Gasteiger partial charge in [-0.05, 0) is 40.5 Å². The number of amides is 1. The number of hydrogen-bond acceptors (Lipinski definition) is 3. The standard InChI is InChI=1S/C15H17BrClNO3/c1-18-14(6-5-13(17)15(18)19)11-4-3-10(9-12(11)16)21-8-7-20-2/h3-4,6,9,13H,5,7-8H2,1-2H3. The molecule has 1 aliphatic heterocycles. The lowest BCUT2D eigenvalue weighted by atomic mass is 10.0. The summed E-state index contributed by atoms with van der Waals surface area (Å²) in [5.41, 5.74) is 1.79. The number of halogens is 2. The van der Waals surface area contributed by atoms with Gasteiger partial charge in [0.05, 0.1) is 6.61 Å². The van der Waals surface area contributed by atoms with Crippen LogP contribution in [-0.2, 0) is 9.53 Å². The largest absolute Gasteiger partial charge is 0.491 e. The van der Waals surface area contributed by atoms with E-state index in [0.29, 0.717) is 19.6 Å². The molecule has 1 unspecified atom stereocenters. The van der Waals surface area contributed by atoms with Gasteiger partial charge in [-0.25, -0.2) is 0 Å². The van der Waals surface area contributed by atoms with Gasteiger partial charge in [-0.3, -0.25) is 4.79 Å². The SMILES string of the molecule is COCCOc1ccc(C2=CCC(Cl)C(=O)N2C)c(Br)c1. The maximum atomic E-state index is 12.0. The summed E-state index contributed by atoms with van der Waals surface area (Å²) in [6.07, 6.45) is 2.52. The predicted octanol–water partition coefficient (Wildman–Crippen LogP) is 3.28. The Morgan fingerprint density at radius 3 is 2.86 bits per heavy atom. The molecule has 0 spiro atoms. The lowest BCUT2D eigenvalue weighted by Crippen LogP contribution is -2.35. The quantitative estimate of drug-likeness (QED) is 0.586. The first kappa shape index (κ1) is 16.3. The lowest BCUT2D eigenvalue weighted by Gasteiger charge is -2.28. The summed E-state index contributed by atoms with van der Waals surface area (Å²) < 4.78 is 11.4. The Kier molecular flexibility index (Phi) is 5.67. The molecule has 2 rings (SSSR count). The van der Waals surface area contributed by atoms with Gasteiger partial charge in [-0.1, -0.05) is 6.08 Å². The van der Waals surface area contributed by atoms with Crippen LogP contribution in [0.15, 0.2) is 28.7 Å². The van der Waals surface area contributed by atoms with Crippen LogP contribution in [0.4, 0.5) is 0 Å². The van der Waals surface area contributed by atoms with Crippen LogP contribution < -0.4 is 4.74 Å². The van der Waals surface area contributed by atoms with E-state index in [1.807, 2.05) is 24.3 Å². The van der Waals surface area contributed by atoms with E-state index in [2.05, 4.69) is 15.9 Å². The fraction of sp³-hybridized carbons (Fsp3) is 0.400. The van der Waals surface area contributed by atoms with Crippen LogP contribution in [0.1, 0.15) is 12.0 Å². The van der Waals surface area contributed by atoms with Crippen molar-refractivity contribution in [1.29, 1.82) is 0 Å². The highest BCUT2D eigenvalue weighted by Gasteiger charge is 2.27. The van der Waals surface area contributed by atoms with Crippen LogP contribution in [-0.4, -0.2) is 43.6 Å². The van der Waals surface area contributed by atoms with Crippen molar-refractivity contribution >= 4 is 39.1 Å². The first-order valence-electron chi connectivity index (χ1n) is 6.58. The average Bonchev–Trinajstić information content (AvgIpc) is 2.46. The molecule has 0 radical (unpaired) electrons. The van der Waals surface area contributed by atoms with Gasteiger partial charge in [-0.15, -0.1) is 11.6 Å². The summed E-state index contributed by atoms with van der Waals surface area (Å²) in [5, 5.41) is -0.478. The first-order valence-corrected chi connectivity index (χ1v) is 7.81. The fourth-order valence-corrected chi connectivity index (χ4v) is 2.90. The molecule has 0 aromatic heterocycles. The number of alkyl halides is 1. The Balaban J connectivity index is 2.19. The number of carbonyl (C=O) groups excluding carboxylic acids is 1. The molecule has 1 amide bonds. The van der Waals surface area contributed by atoms with E-state index in [4.69, 9.17) is 21.1 Å². The first-order chi connectivity index (χ1) is 10.0. The average molecular weight is 375 g/mol. The van der Waals surface area contributed by atoms with Crippen molar-refractivity contribution in [2.24, 2.45) is 0 Å². The Labute approximate surface area is 137 Å². The summed E-state index contributed by atoms with van der Waals surface area (Å²) in [6.45, 7) is 1.04. The molecule has 0 N–H and O–H groups in total. The Hall–Kier alpha value is -1.04.